The van der Waals surface area contributed by atoms with Crippen molar-refractivity contribution in [3.63, 3.8) is 0 Å². The van der Waals surface area contributed by atoms with E-state index in [0.717, 1.165) is 18.5 Å². The maximum atomic E-state index is 11.9. The fraction of sp³-hybridized carbons (Fsp3) is 0.467. The van der Waals surface area contributed by atoms with Gasteiger partial charge in [-0.05, 0) is 18.6 Å². The first-order chi connectivity index (χ1) is 9.15. The van der Waals surface area contributed by atoms with Gasteiger partial charge in [-0.3, -0.25) is 9.59 Å². The standard InChI is InChI=1S/C15H21NO3/c1-3-4-12-19-15(18)11-10-14(17)16(2)13-8-6-5-7-9-13/h5-9H,3-4,10-12H2,1-2H3. The van der Waals surface area contributed by atoms with Crippen LogP contribution in [0.2, 0.25) is 0 Å². The summed E-state index contributed by atoms with van der Waals surface area (Å²) in [5.74, 6) is -0.387. The zero-order valence-electron chi connectivity index (χ0n) is 11.6. The van der Waals surface area contributed by atoms with Gasteiger partial charge in [0.15, 0.2) is 0 Å². The zero-order valence-corrected chi connectivity index (χ0v) is 11.6. The van der Waals surface area contributed by atoms with Gasteiger partial charge in [0.25, 0.3) is 0 Å². The highest BCUT2D eigenvalue weighted by Crippen LogP contribution is 2.12. The molecule has 1 amide bonds. The Morgan fingerprint density at radius 1 is 1.16 bits per heavy atom. The largest absolute Gasteiger partial charge is 0.466 e. The predicted octanol–water partition coefficient (Wildman–Crippen LogP) is 2.77. The van der Waals surface area contributed by atoms with E-state index in [1.165, 1.54) is 0 Å². The summed E-state index contributed by atoms with van der Waals surface area (Å²) in [6, 6.07) is 9.36. The minimum Gasteiger partial charge on any atom is -0.466 e. The van der Waals surface area contributed by atoms with E-state index >= 15 is 0 Å². The molecule has 1 aromatic rings. The summed E-state index contributed by atoms with van der Waals surface area (Å²) in [4.78, 5) is 24.8. The Balaban J connectivity index is 2.33. The van der Waals surface area contributed by atoms with E-state index in [0.29, 0.717) is 6.61 Å². The fourth-order valence-corrected chi connectivity index (χ4v) is 1.57. The number of esters is 1. The summed E-state index contributed by atoms with van der Waals surface area (Å²) >= 11 is 0. The van der Waals surface area contributed by atoms with Crippen LogP contribution in [0.25, 0.3) is 0 Å². The van der Waals surface area contributed by atoms with Gasteiger partial charge < -0.3 is 9.64 Å². The molecule has 0 aliphatic rings. The monoisotopic (exact) mass is 263 g/mol. The van der Waals surface area contributed by atoms with E-state index in [-0.39, 0.29) is 24.7 Å². The maximum Gasteiger partial charge on any atom is 0.306 e. The molecule has 1 aromatic carbocycles. The third-order valence-electron chi connectivity index (χ3n) is 2.82. The van der Waals surface area contributed by atoms with Crippen molar-refractivity contribution < 1.29 is 14.3 Å². The van der Waals surface area contributed by atoms with Crippen LogP contribution in [0.5, 0.6) is 0 Å². The molecular weight excluding hydrogens is 242 g/mol. The molecule has 0 radical (unpaired) electrons. The minimum absolute atomic E-state index is 0.0846. The Bertz CT molecular complexity index is 403. The number of para-hydroxylation sites is 1. The van der Waals surface area contributed by atoms with E-state index in [2.05, 4.69) is 0 Å². The number of carbonyl (C=O) groups excluding carboxylic acids is 2. The molecule has 0 N–H and O–H groups in total. The second kappa shape index (κ2) is 8.29. The van der Waals surface area contributed by atoms with Crippen molar-refractivity contribution in [2.75, 3.05) is 18.6 Å². The van der Waals surface area contributed by atoms with Crippen molar-refractivity contribution in [1.29, 1.82) is 0 Å². The summed E-state index contributed by atoms with van der Waals surface area (Å²) in [7, 11) is 1.71. The summed E-state index contributed by atoms with van der Waals surface area (Å²) < 4.78 is 5.01. The van der Waals surface area contributed by atoms with Gasteiger partial charge in [-0.1, -0.05) is 31.5 Å². The highest BCUT2D eigenvalue weighted by atomic mass is 16.5. The smallest absolute Gasteiger partial charge is 0.306 e. The topological polar surface area (TPSA) is 46.6 Å². The van der Waals surface area contributed by atoms with Crippen molar-refractivity contribution in [2.24, 2.45) is 0 Å². The van der Waals surface area contributed by atoms with Crippen molar-refractivity contribution >= 4 is 17.6 Å². The van der Waals surface area contributed by atoms with Crippen molar-refractivity contribution in [2.45, 2.75) is 32.6 Å². The van der Waals surface area contributed by atoms with Crippen LogP contribution >= 0.6 is 0 Å². The molecule has 0 atom stereocenters. The third-order valence-corrected chi connectivity index (χ3v) is 2.82. The van der Waals surface area contributed by atoms with Gasteiger partial charge in [-0.25, -0.2) is 0 Å². The summed E-state index contributed by atoms with van der Waals surface area (Å²) in [6.07, 6.45) is 2.17. The van der Waals surface area contributed by atoms with E-state index < -0.39 is 0 Å². The van der Waals surface area contributed by atoms with E-state index in [1.54, 1.807) is 11.9 Å². The highest BCUT2D eigenvalue weighted by molar-refractivity contribution is 5.94. The average molecular weight is 263 g/mol. The quantitative estimate of drug-likeness (QED) is 0.561. The number of unbranched alkanes of at least 4 members (excludes halogenated alkanes) is 1. The normalized spacial score (nSPS) is 10.0. The molecule has 104 valence electrons. The molecule has 1 rings (SSSR count). The molecule has 0 fully saturated rings. The number of hydrogen-bond donors (Lipinski definition) is 0. The molecule has 0 aromatic heterocycles. The lowest BCUT2D eigenvalue weighted by Crippen LogP contribution is -2.26. The molecule has 4 heteroatoms. The van der Waals surface area contributed by atoms with E-state index in [4.69, 9.17) is 4.74 Å². The van der Waals surface area contributed by atoms with Crippen molar-refractivity contribution in [3.05, 3.63) is 30.3 Å². The Labute approximate surface area is 114 Å². The molecule has 0 aliphatic heterocycles. The molecule has 0 saturated carbocycles. The molecule has 0 aliphatic carbocycles. The molecule has 0 spiro atoms. The van der Waals surface area contributed by atoms with Gasteiger partial charge >= 0.3 is 5.97 Å². The number of carbonyl (C=O) groups is 2. The highest BCUT2D eigenvalue weighted by Gasteiger charge is 2.13. The van der Waals surface area contributed by atoms with Gasteiger partial charge in [0.05, 0.1) is 13.0 Å². The fourth-order valence-electron chi connectivity index (χ4n) is 1.57. The molecule has 0 unspecified atom stereocenters. The van der Waals surface area contributed by atoms with Gasteiger partial charge in [0.1, 0.15) is 0 Å². The maximum absolute atomic E-state index is 11.9. The third kappa shape index (κ3) is 5.55. The first-order valence-electron chi connectivity index (χ1n) is 6.62. The lowest BCUT2D eigenvalue weighted by Gasteiger charge is -2.16. The van der Waals surface area contributed by atoms with Crippen LogP contribution in [0.1, 0.15) is 32.6 Å². The van der Waals surface area contributed by atoms with Crippen molar-refractivity contribution in [3.8, 4) is 0 Å². The summed E-state index contributed by atoms with van der Waals surface area (Å²) in [6.45, 7) is 2.48. The van der Waals surface area contributed by atoms with E-state index in [9.17, 15) is 9.59 Å². The number of hydrogen-bond acceptors (Lipinski definition) is 3. The Hall–Kier alpha value is -1.84. The van der Waals surface area contributed by atoms with Crippen LogP contribution in [0.3, 0.4) is 0 Å². The molecule has 0 saturated heterocycles. The summed E-state index contributed by atoms with van der Waals surface area (Å²) in [5.41, 5.74) is 0.826. The lowest BCUT2D eigenvalue weighted by molar-refractivity contribution is -0.144. The van der Waals surface area contributed by atoms with Gasteiger partial charge in [0, 0.05) is 19.2 Å². The Kier molecular flexibility index (Phi) is 6.64. The number of nitrogens with zero attached hydrogens (tertiary/aromatic N) is 1. The Morgan fingerprint density at radius 3 is 2.47 bits per heavy atom. The number of rotatable bonds is 7. The van der Waals surface area contributed by atoms with Crippen molar-refractivity contribution in [1.82, 2.24) is 0 Å². The zero-order chi connectivity index (χ0) is 14.1. The SMILES string of the molecule is CCCCOC(=O)CCC(=O)N(C)c1ccccc1. The van der Waals surface area contributed by atoms with Crippen LogP contribution in [0.15, 0.2) is 30.3 Å². The van der Waals surface area contributed by atoms with Gasteiger partial charge in [0.2, 0.25) is 5.91 Å². The number of benzene rings is 1. The van der Waals surface area contributed by atoms with Crippen LogP contribution in [-0.2, 0) is 14.3 Å². The van der Waals surface area contributed by atoms with Gasteiger partial charge in [-0.2, -0.15) is 0 Å². The Morgan fingerprint density at radius 2 is 1.84 bits per heavy atom. The number of anilines is 1. The van der Waals surface area contributed by atoms with Crippen LogP contribution in [0.4, 0.5) is 5.69 Å². The molecule has 0 bridgehead atoms. The first kappa shape index (κ1) is 15.2. The second-order valence-electron chi connectivity index (χ2n) is 4.36. The van der Waals surface area contributed by atoms with Gasteiger partial charge in [-0.15, -0.1) is 0 Å². The molecule has 4 nitrogen and oxygen atoms in total. The number of ether oxygens (including phenoxy) is 1. The van der Waals surface area contributed by atoms with Crippen LogP contribution in [-0.4, -0.2) is 25.5 Å². The minimum atomic E-state index is -0.303. The molecule has 19 heavy (non-hydrogen) atoms. The van der Waals surface area contributed by atoms with Crippen LogP contribution in [0, 0.1) is 0 Å². The molecular formula is C15H21NO3. The molecule has 0 heterocycles. The second-order valence-corrected chi connectivity index (χ2v) is 4.36. The predicted molar refractivity (Wildman–Crippen MR) is 75.0 cm³/mol. The van der Waals surface area contributed by atoms with Crippen LogP contribution < -0.4 is 4.90 Å². The average Bonchev–Trinajstić information content (AvgIpc) is 2.45. The van der Waals surface area contributed by atoms with E-state index in [1.807, 2.05) is 37.3 Å². The first-order valence-corrected chi connectivity index (χ1v) is 6.62. The lowest BCUT2D eigenvalue weighted by atomic mass is 10.2. The number of amides is 1. The summed E-state index contributed by atoms with van der Waals surface area (Å²) in [5, 5.41) is 0.